The minimum absolute atomic E-state index is 0.216. The number of hydrogen-bond acceptors (Lipinski definition) is 3. The molecule has 6 nitrogen and oxygen atoms in total. The van der Waals surface area contributed by atoms with Crippen molar-refractivity contribution in [3.05, 3.63) is 83.7 Å². The summed E-state index contributed by atoms with van der Waals surface area (Å²) in [5.74, 6) is -0.961. The Hall–Kier alpha value is -3.48. The van der Waals surface area contributed by atoms with Gasteiger partial charge in [-0.15, -0.1) is 0 Å². The summed E-state index contributed by atoms with van der Waals surface area (Å²) in [6, 6.07) is 13.6. The number of nitrogens with one attached hydrogen (secondary N) is 1. The van der Waals surface area contributed by atoms with Gasteiger partial charge in [0.05, 0.1) is 17.7 Å². The van der Waals surface area contributed by atoms with Crippen LogP contribution >= 0.6 is 0 Å². The Labute approximate surface area is 161 Å². The number of aromatic nitrogens is 2. The van der Waals surface area contributed by atoms with Crippen molar-refractivity contribution < 1.29 is 14.0 Å². The Morgan fingerprint density at radius 3 is 2.54 bits per heavy atom. The maximum absolute atomic E-state index is 13.2. The van der Waals surface area contributed by atoms with Crippen molar-refractivity contribution in [3.63, 3.8) is 0 Å². The van der Waals surface area contributed by atoms with Gasteiger partial charge >= 0.3 is 0 Å². The van der Waals surface area contributed by atoms with Crippen LogP contribution in [0.25, 0.3) is 0 Å². The molecular formula is C21H19FN4O2. The van der Waals surface area contributed by atoms with Crippen LogP contribution in [0.5, 0.6) is 0 Å². The Morgan fingerprint density at radius 1 is 1.11 bits per heavy atom. The standard InChI is InChI=1S/C21H19FN4O2/c1-25-13-23-17-11-12-26(21(28)14-5-3-2-4-6-14)19(18(17)25)20(27)24-16-9-7-15(22)8-10-16/h2-10,13,19H,11-12H2,1H3,(H,24,27). The van der Waals surface area contributed by atoms with E-state index in [4.69, 9.17) is 0 Å². The highest BCUT2D eigenvalue weighted by atomic mass is 19.1. The van der Waals surface area contributed by atoms with Crippen LogP contribution < -0.4 is 5.32 Å². The van der Waals surface area contributed by atoms with E-state index in [1.165, 1.54) is 24.3 Å². The summed E-state index contributed by atoms with van der Waals surface area (Å²) in [5.41, 5.74) is 2.48. The van der Waals surface area contributed by atoms with E-state index in [0.717, 1.165) is 5.69 Å². The molecule has 0 spiro atoms. The number of halogens is 1. The summed E-state index contributed by atoms with van der Waals surface area (Å²) in [4.78, 5) is 32.2. The Kier molecular flexibility index (Phi) is 4.65. The molecule has 1 unspecified atom stereocenters. The van der Waals surface area contributed by atoms with Gasteiger partial charge in [0.2, 0.25) is 0 Å². The molecule has 1 aliphatic rings. The van der Waals surface area contributed by atoms with Gasteiger partial charge in [-0.2, -0.15) is 0 Å². The number of imidazole rings is 1. The lowest BCUT2D eigenvalue weighted by Crippen LogP contribution is -2.46. The summed E-state index contributed by atoms with van der Waals surface area (Å²) < 4.78 is 14.9. The number of benzene rings is 2. The molecular weight excluding hydrogens is 359 g/mol. The summed E-state index contributed by atoms with van der Waals surface area (Å²) in [6.07, 6.45) is 2.23. The zero-order valence-electron chi connectivity index (χ0n) is 15.3. The van der Waals surface area contributed by atoms with Crippen molar-refractivity contribution in [1.82, 2.24) is 14.5 Å². The van der Waals surface area contributed by atoms with E-state index in [2.05, 4.69) is 10.3 Å². The number of rotatable bonds is 3. The molecule has 4 rings (SSSR count). The van der Waals surface area contributed by atoms with Gasteiger partial charge in [0.1, 0.15) is 5.82 Å². The van der Waals surface area contributed by atoms with E-state index in [9.17, 15) is 14.0 Å². The fourth-order valence-corrected chi connectivity index (χ4v) is 3.51. The third kappa shape index (κ3) is 3.26. The normalized spacial score (nSPS) is 15.8. The molecule has 1 N–H and O–H groups in total. The van der Waals surface area contributed by atoms with Crippen LogP contribution in [-0.2, 0) is 18.3 Å². The SMILES string of the molecule is Cn1cnc2c1C(C(=O)Nc1ccc(F)cc1)N(C(=O)c1ccccc1)CC2. The van der Waals surface area contributed by atoms with Crippen LogP contribution in [0.4, 0.5) is 10.1 Å². The van der Waals surface area contributed by atoms with Crippen LogP contribution in [0.1, 0.15) is 27.8 Å². The van der Waals surface area contributed by atoms with E-state index in [1.807, 2.05) is 6.07 Å². The number of nitrogens with zero attached hydrogens (tertiary/aromatic N) is 3. The van der Waals surface area contributed by atoms with Crippen LogP contribution in [0.15, 0.2) is 60.9 Å². The molecule has 1 aliphatic heterocycles. The first-order valence-electron chi connectivity index (χ1n) is 8.97. The molecule has 0 bridgehead atoms. The third-order valence-corrected chi connectivity index (χ3v) is 4.86. The highest BCUT2D eigenvalue weighted by Crippen LogP contribution is 2.31. The second-order valence-electron chi connectivity index (χ2n) is 6.70. The molecule has 28 heavy (non-hydrogen) atoms. The van der Waals surface area contributed by atoms with Gasteiger partial charge in [0.15, 0.2) is 6.04 Å². The fourth-order valence-electron chi connectivity index (χ4n) is 3.51. The maximum atomic E-state index is 13.2. The monoisotopic (exact) mass is 378 g/mol. The molecule has 2 heterocycles. The summed E-state index contributed by atoms with van der Waals surface area (Å²) in [6.45, 7) is 0.388. The van der Waals surface area contributed by atoms with Gasteiger partial charge in [-0.25, -0.2) is 9.37 Å². The van der Waals surface area contributed by atoms with Gasteiger partial charge in [-0.3, -0.25) is 9.59 Å². The maximum Gasteiger partial charge on any atom is 0.254 e. The summed E-state index contributed by atoms with van der Waals surface area (Å²) in [7, 11) is 1.81. The number of aryl methyl sites for hydroxylation is 1. The van der Waals surface area contributed by atoms with Crippen molar-refractivity contribution in [2.45, 2.75) is 12.5 Å². The molecule has 2 aromatic carbocycles. The average Bonchev–Trinajstić information content (AvgIpc) is 3.10. The first-order valence-corrected chi connectivity index (χ1v) is 8.97. The molecule has 0 saturated heterocycles. The van der Waals surface area contributed by atoms with Gasteiger partial charge in [0, 0.05) is 31.3 Å². The lowest BCUT2D eigenvalue weighted by molar-refractivity contribution is -0.121. The lowest BCUT2D eigenvalue weighted by Gasteiger charge is -2.35. The van der Waals surface area contributed by atoms with Gasteiger partial charge < -0.3 is 14.8 Å². The fraction of sp³-hybridized carbons (Fsp3) is 0.190. The Bertz CT molecular complexity index is 1010. The molecule has 0 radical (unpaired) electrons. The predicted molar refractivity (Wildman–Crippen MR) is 102 cm³/mol. The number of hydrogen-bond donors (Lipinski definition) is 1. The van der Waals surface area contributed by atoms with Gasteiger partial charge in [-0.05, 0) is 36.4 Å². The number of fused-ring (bicyclic) bond motifs is 1. The minimum atomic E-state index is -0.825. The minimum Gasteiger partial charge on any atom is -0.335 e. The highest BCUT2D eigenvalue weighted by molar-refractivity contribution is 6.01. The molecule has 3 aromatic rings. The zero-order valence-corrected chi connectivity index (χ0v) is 15.3. The Balaban J connectivity index is 1.70. The highest BCUT2D eigenvalue weighted by Gasteiger charge is 2.39. The van der Waals surface area contributed by atoms with Crippen molar-refractivity contribution >= 4 is 17.5 Å². The van der Waals surface area contributed by atoms with Gasteiger partial charge in [0.25, 0.3) is 11.8 Å². The van der Waals surface area contributed by atoms with Crippen molar-refractivity contribution in [3.8, 4) is 0 Å². The number of carbonyl (C=O) groups is 2. The first kappa shape index (κ1) is 17.9. The molecule has 7 heteroatoms. The van der Waals surface area contributed by atoms with E-state index >= 15 is 0 Å². The van der Waals surface area contributed by atoms with E-state index in [0.29, 0.717) is 29.9 Å². The third-order valence-electron chi connectivity index (χ3n) is 4.86. The molecule has 2 amide bonds. The topological polar surface area (TPSA) is 67.2 Å². The van der Waals surface area contributed by atoms with E-state index in [1.54, 1.807) is 47.1 Å². The number of amides is 2. The number of anilines is 1. The molecule has 0 aliphatic carbocycles. The number of carbonyl (C=O) groups excluding carboxylic acids is 2. The summed E-state index contributed by atoms with van der Waals surface area (Å²) in [5, 5.41) is 2.79. The lowest BCUT2D eigenvalue weighted by atomic mass is 10.00. The van der Waals surface area contributed by atoms with Crippen molar-refractivity contribution in [1.29, 1.82) is 0 Å². The smallest absolute Gasteiger partial charge is 0.254 e. The second kappa shape index (κ2) is 7.26. The van der Waals surface area contributed by atoms with Crippen LogP contribution in [-0.4, -0.2) is 32.8 Å². The van der Waals surface area contributed by atoms with Crippen LogP contribution in [0, 0.1) is 5.82 Å². The van der Waals surface area contributed by atoms with Gasteiger partial charge in [-0.1, -0.05) is 18.2 Å². The van der Waals surface area contributed by atoms with E-state index in [-0.39, 0.29) is 17.6 Å². The van der Waals surface area contributed by atoms with E-state index < -0.39 is 6.04 Å². The zero-order chi connectivity index (χ0) is 19.7. The molecule has 1 atom stereocenters. The second-order valence-corrected chi connectivity index (χ2v) is 6.70. The van der Waals surface area contributed by atoms with Crippen LogP contribution in [0.3, 0.4) is 0 Å². The van der Waals surface area contributed by atoms with Crippen molar-refractivity contribution in [2.24, 2.45) is 7.05 Å². The molecule has 0 saturated carbocycles. The predicted octanol–water partition coefficient (Wildman–Crippen LogP) is 2.94. The molecule has 1 aromatic heterocycles. The molecule has 0 fully saturated rings. The van der Waals surface area contributed by atoms with Crippen LogP contribution in [0.2, 0.25) is 0 Å². The molecule has 142 valence electrons. The largest absolute Gasteiger partial charge is 0.335 e. The quantitative estimate of drug-likeness (QED) is 0.762. The summed E-state index contributed by atoms with van der Waals surface area (Å²) >= 11 is 0. The average molecular weight is 378 g/mol. The first-order chi connectivity index (χ1) is 13.5. The Morgan fingerprint density at radius 2 is 1.82 bits per heavy atom. The van der Waals surface area contributed by atoms with Crippen molar-refractivity contribution in [2.75, 3.05) is 11.9 Å².